The summed E-state index contributed by atoms with van der Waals surface area (Å²) in [5.74, 6) is 0.691. The van der Waals surface area contributed by atoms with Crippen molar-refractivity contribution < 1.29 is 5.11 Å². The molecule has 0 saturated carbocycles. The third-order valence-corrected chi connectivity index (χ3v) is 3.30. The third kappa shape index (κ3) is 2.06. The fourth-order valence-electron chi connectivity index (χ4n) is 2.31. The Labute approximate surface area is 107 Å². The van der Waals surface area contributed by atoms with Crippen LogP contribution in [0.15, 0.2) is 12.4 Å². The molecule has 0 amide bonds. The zero-order chi connectivity index (χ0) is 13.3. The smallest absolute Gasteiger partial charge is 0.142 e. The number of aliphatic hydroxyl groups excluding tert-OH is 1. The SMILES string of the molecule is CCCn1ccnc1C(O)c1c(C)nn(C)c1C. The van der Waals surface area contributed by atoms with Gasteiger partial charge in [0.15, 0.2) is 0 Å². The van der Waals surface area contributed by atoms with E-state index in [1.807, 2.05) is 31.7 Å². The fraction of sp³-hybridized carbons (Fsp3) is 0.538. The standard InChI is InChI=1S/C13H20N4O/c1-5-7-17-8-6-14-13(17)12(18)11-9(2)15-16(4)10(11)3/h6,8,12,18H,5,7H2,1-4H3. The maximum absolute atomic E-state index is 10.5. The number of aliphatic hydroxyl groups is 1. The molecule has 2 aromatic heterocycles. The van der Waals surface area contributed by atoms with Crippen LogP contribution in [0.4, 0.5) is 0 Å². The lowest BCUT2D eigenvalue weighted by Gasteiger charge is -2.13. The Hall–Kier alpha value is -1.62. The van der Waals surface area contributed by atoms with Crippen molar-refractivity contribution in [3.05, 3.63) is 35.2 Å². The lowest BCUT2D eigenvalue weighted by Crippen LogP contribution is -2.11. The van der Waals surface area contributed by atoms with Crippen LogP contribution in [-0.4, -0.2) is 24.4 Å². The van der Waals surface area contributed by atoms with Crippen LogP contribution in [0.5, 0.6) is 0 Å². The normalized spacial score (nSPS) is 12.9. The van der Waals surface area contributed by atoms with Crippen LogP contribution < -0.4 is 0 Å². The van der Waals surface area contributed by atoms with Crippen LogP contribution in [-0.2, 0) is 13.6 Å². The lowest BCUT2D eigenvalue weighted by molar-refractivity contribution is 0.202. The zero-order valence-corrected chi connectivity index (χ0v) is 11.4. The van der Waals surface area contributed by atoms with Crippen LogP contribution in [0.25, 0.3) is 0 Å². The van der Waals surface area contributed by atoms with Crippen molar-refractivity contribution in [1.82, 2.24) is 19.3 Å². The fourth-order valence-corrected chi connectivity index (χ4v) is 2.31. The van der Waals surface area contributed by atoms with Crippen LogP contribution in [0.2, 0.25) is 0 Å². The van der Waals surface area contributed by atoms with Gasteiger partial charge in [0.1, 0.15) is 11.9 Å². The maximum Gasteiger partial charge on any atom is 0.142 e. The Morgan fingerprint density at radius 2 is 2.11 bits per heavy atom. The molecule has 0 radical (unpaired) electrons. The molecule has 0 bridgehead atoms. The number of hydrogen-bond donors (Lipinski definition) is 1. The molecule has 5 nitrogen and oxygen atoms in total. The minimum atomic E-state index is -0.708. The van der Waals surface area contributed by atoms with E-state index in [2.05, 4.69) is 17.0 Å². The predicted molar refractivity (Wildman–Crippen MR) is 69.3 cm³/mol. The Kier molecular flexibility index (Phi) is 3.52. The predicted octanol–water partition coefficient (Wildman–Crippen LogP) is 1.73. The molecule has 0 aromatic carbocycles. The minimum absolute atomic E-state index is 0.691. The van der Waals surface area contributed by atoms with E-state index in [9.17, 15) is 5.11 Å². The van der Waals surface area contributed by atoms with Gasteiger partial charge in [0, 0.05) is 37.2 Å². The van der Waals surface area contributed by atoms with E-state index in [0.29, 0.717) is 5.82 Å². The van der Waals surface area contributed by atoms with Gasteiger partial charge in [-0.25, -0.2) is 4.98 Å². The summed E-state index contributed by atoms with van der Waals surface area (Å²) in [6, 6.07) is 0. The average molecular weight is 248 g/mol. The molecule has 0 saturated heterocycles. The number of nitrogens with zero attached hydrogens (tertiary/aromatic N) is 4. The highest BCUT2D eigenvalue weighted by Crippen LogP contribution is 2.26. The van der Waals surface area contributed by atoms with Crippen LogP contribution in [0, 0.1) is 13.8 Å². The van der Waals surface area contributed by atoms with E-state index >= 15 is 0 Å². The van der Waals surface area contributed by atoms with Gasteiger partial charge in [-0.2, -0.15) is 5.10 Å². The highest BCUT2D eigenvalue weighted by molar-refractivity contribution is 5.31. The van der Waals surface area contributed by atoms with Crippen LogP contribution in [0.1, 0.15) is 42.2 Å². The highest BCUT2D eigenvalue weighted by Gasteiger charge is 2.23. The molecule has 2 aromatic rings. The van der Waals surface area contributed by atoms with Crippen molar-refractivity contribution in [3.8, 4) is 0 Å². The van der Waals surface area contributed by atoms with E-state index in [1.165, 1.54) is 0 Å². The molecule has 18 heavy (non-hydrogen) atoms. The molecule has 0 aliphatic heterocycles. The molecule has 1 N–H and O–H groups in total. The van der Waals surface area contributed by atoms with Gasteiger partial charge in [-0.15, -0.1) is 0 Å². The van der Waals surface area contributed by atoms with Gasteiger partial charge < -0.3 is 9.67 Å². The van der Waals surface area contributed by atoms with E-state index in [1.54, 1.807) is 10.9 Å². The minimum Gasteiger partial charge on any atom is -0.380 e. The van der Waals surface area contributed by atoms with E-state index in [0.717, 1.165) is 29.9 Å². The summed E-state index contributed by atoms with van der Waals surface area (Å²) < 4.78 is 3.79. The van der Waals surface area contributed by atoms with Crippen molar-refractivity contribution in [1.29, 1.82) is 0 Å². The van der Waals surface area contributed by atoms with Crippen molar-refractivity contribution in [2.24, 2.45) is 7.05 Å². The Morgan fingerprint density at radius 3 is 2.67 bits per heavy atom. The van der Waals surface area contributed by atoms with Crippen LogP contribution >= 0.6 is 0 Å². The third-order valence-electron chi connectivity index (χ3n) is 3.30. The molecule has 2 rings (SSSR count). The summed E-state index contributed by atoms with van der Waals surface area (Å²) in [6.45, 7) is 6.85. The molecule has 98 valence electrons. The quantitative estimate of drug-likeness (QED) is 0.896. The Morgan fingerprint density at radius 1 is 1.39 bits per heavy atom. The second kappa shape index (κ2) is 4.94. The largest absolute Gasteiger partial charge is 0.380 e. The molecule has 0 aliphatic rings. The average Bonchev–Trinajstić information content (AvgIpc) is 2.86. The molecule has 1 atom stereocenters. The second-order valence-electron chi connectivity index (χ2n) is 4.59. The number of hydrogen-bond acceptors (Lipinski definition) is 3. The van der Waals surface area contributed by atoms with Crippen molar-refractivity contribution in [2.45, 2.75) is 39.8 Å². The van der Waals surface area contributed by atoms with Crippen LogP contribution in [0.3, 0.4) is 0 Å². The number of aromatic nitrogens is 4. The Balaban J connectivity index is 2.41. The number of aryl methyl sites for hydroxylation is 3. The first-order chi connectivity index (χ1) is 8.56. The molecule has 0 aliphatic carbocycles. The van der Waals surface area contributed by atoms with Gasteiger partial charge in [0.25, 0.3) is 0 Å². The molecular formula is C13H20N4O. The van der Waals surface area contributed by atoms with Crippen molar-refractivity contribution >= 4 is 0 Å². The van der Waals surface area contributed by atoms with Gasteiger partial charge in [0.05, 0.1) is 5.69 Å². The molecule has 0 spiro atoms. The van der Waals surface area contributed by atoms with E-state index in [4.69, 9.17) is 0 Å². The van der Waals surface area contributed by atoms with Gasteiger partial charge >= 0.3 is 0 Å². The second-order valence-corrected chi connectivity index (χ2v) is 4.59. The summed E-state index contributed by atoms with van der Waals surface area (Å²) in [7, 11) is 1.89. The van der Waals surface area contributed by atoms with Gasteiger partial charge in [-0.05, 0) is 20.3 Å². The summed E-state index contributed by atoms with van der Waals surface area (Å²) in [6.07, 6.45) is 3.94. The number of rotatable bonds is 4. The summed E-state index contributed by atoms with van der Waals surface area (Å²) in [4.78, 5) is 4.28. The summed E-state index contributed by atoms with van der Waals surface area (Å²) >= 11 is 0. The van der Waals surface area contributed by atoms with Crippen molar-refractivity contribution in [2.75, 3.05) is 0 Å². The summed E-state index contributed by atoms with van der Waals surface area (Å²) in [5.41, 5.74) is 2.70. The van der Waals surface area contributed by atoms with E-state index in [-0.39, 0.29) is 0 Å². The summed E-state index contributed by atoms with van der Waals surface area (Å²) in [5, 5.41) is 14.9. The molecule has 2 heterocycles. The molecule has 1 unspecified atom stereocenters. The first kappa shape index (κ1) is 12.8. The van der Waals surface area contributed by atoms with E-state index < -0.39 is 6.10 Å². The molecular weight excluding hydrogens is 228 g/mol. The monoisotopic (exact) mass is 248 g/mol. The first-order valence-corrected chi connectivity index (χ1v) is 6.25. The van der Waals surface area contributed by atoms with Crippen molar-refractivity contribution in [3.63, 3.8) is 0 Å². The van der Waals surface area contributed by atoms with Gasteiger partial charge in [0.2, 0.25) is 0 Å². The Bertz CT molecular complexity index is 541. The van der Waals surface area contributed by atoms with Gasteiger partial charge in [-0.1, -0.05) is 6.92 Å². The molecule has 0 fully saturated rings. The number of imidazole rings is 1. The lowest BCUT2D eigenvalue weighted by atomic mass is 10.1. The zero-order valence-electron chi connectivity index (χ0n) is 11.4. The van der Waals surface area contributed by atoms with Gasteiger partial charge in [-0.3, -0.25) is 4.68 Å². The first-order valence-electron chi connectivity index (χ1n) is 6.25. The molecule has 5 heteroatoms. The highest BCUT2D eigenvalue weighted by atomic mass is 16.3. The maximum atomic E-state index is 10.5. The topological polar surface area (TPSA) is 55.9 Å².